The third-order valence-electron chi connectivity index (χ3n) is 3.16. The molecule has 1 aliphatic heterocycles. The fraction of sp³-hybridized carbons (Fsp3) is 0.786. The van der Waals surface area contributed by atoms with Crippen molar-refractivity contribution in [1.29, 1.82) is 0 Å². The highest BCUT2D eigenvalue weighted by molar-refractivity contribution is 5.76. The molecule has 1 heterocycles. The van der Waals surface area contributed by atoms with Crippen molar-refractivity contribution in [3.8, 4) is 0 Å². The van der Waals surface area contributed by atoms with E-state index in [1.165, 1.54) is 25.7 Å². The normalized spacial score (nSPS) is 15.9. The van der Waals surface area contributed by atoms with Gasteiger partial charge in [-0.05, 0) is 19.3 Å². The van der Waals surface area contributed by atoms with Crippen molar-refractivity contribution in [3.63, 3.8) is 0 Å². The maximum atomic E-state index is 11.8. The zero-order chi connectivity index (χ0) is 12.3. The Kier molecular flexibility index (Phi) is 7.72. The van der Waals surface area contributed by atoms with Gasteiger partial charge in [-0.1, -0.05) is 25.3 Å². The Morgan fingerprint density at radius 3 is 2.47 bits per heavy atom. The van der Waals surface area contributed by atoms with Crippen molar-refractivity contribution < 1.29 is 9.53 Å². The fourth-order valence-electron chi connectivity index (χ4n) is 2.07. The summed E-state index contributed by atoms with van der Waals surface area (Å²) in [6, 6.07) is 0. The van der Waals surface area contributed by atoms with Crippen LogP contribution in [0.15, 0.2) is 12.7 Å². The second-order valence-electron chi connectivity index (χ2n) is 4.59. The Morgan fingerprint density at radius 2 is 1.76 bits per heavy atom. The van der Waals surface area contributed by atoms with Crippen LogP contribution in [0.5, 0.6) is 0 Å². The molecule has 0 aromatic carbocycles. The Hall–Kier alpha value is -0.830. The molecule has 0 saturated carbocycles. The molecule has 3 nitrogen and oxygen atoms in total. The van der Waals surface area contributed by atoms with Crippen LogP contribution >= 0.6 is 0 Å². The zero-order valence-electron chi connectivity index (χ0n) is 10.8. The van der Waals surface area contributed by atoms with E-state index in [-0.39, 0.29) is 0 Å². The van der Waals surface area contributed by atoms with Gasteiger partial charge in [0.2, 0.25) is 5.91 Å². The molecule has 1 rings (SSSR count). The number of morpholine rings is 1. The first-order chi connectivity index (χ1) is 8.34. The summed E-state index contributed by atoms with van der Waals surface area (Å²) < 4.78 is 5.23. The van der Waals surface area contributed by atoms with Gasteiger partial charge < -0.3 is 9.64 Å². The smallest absolute Gasteiger partial charge is 0.222 e. The summed E-state index contributed by atoms with van der Waals surface area (Å²) >= 11 is 0. The van der Waals surface area contributed by atoms with Crippen LogP contribution in [0.2, 0.25) is 0 Å². The van der Waals surface area contributed by atoms with Crippen molar-refractivity contribution in [3.05, 3.63) is 12.7 Å². The molecule has 0 unspecified atom stereocenters. The van der Waals surface area contributed by atoms with Crippen LogP contribution in [0.25, 0.3) is 0 Å². The van der Waals surface area contributed by atoms with Gasteiger partial charge in [0.15, 0.2) is 0 Å². The van der Waals surface area contributed by atoms with Gasteiger partial charge in [-0.3, -0.25) is 4.79 Å². The molecule has 3 heteroatoms. The number of nitrogens with zero attached hydrogens (tertiary/aromatic N) is 1. The average Bonchev–Trinajstić information content (AvgIpc) is 2.38. The molecule has 1 aliphatic rings. The lowest BCUT2D eigenvalue weighted by atomic mass is 10.1. The predicted molar refractivity (Wildman–Crippen MR) is 69.9 cm³/mol. The molecule has 0 aromatic heterocycles. The van der Waals surface area contributed by atoms with Gasteiger partial charge in [-0.25, -0.2) is 0 Å². The minimum Gasteiger partial charge on any atom is -0.378 e. The second kappa shape index (κ2) is 9.23. The first kappa shape index (κ1) is 14.2. The molecule has 0 bridgehead atoms. The van der Waals surface area contributed by atoms with Crippen molar-refractivity contribution in [1.82, 2.24) is 4.90 Å². The highest BCUT2D eigenvalue weighted by Crippen LogP contribution is 2.09. The molecule has 0 N–H and O–H groups in total. The molecule has 0 spiro atoms. The molecule has 1 saturated heterocycles. The van der Waals surface area contributed by atoms with Gasteiger partial charge in [0.1, 0.15) is 0 Å². The molecular weight excluding hydrogens is 214 g/mol. The van der Waals surface area contributed by atoms with Crippen molar-refractivity contribution in [2.75, 3.05) is 26.3 Å². The van der Waals surface area contributed by atoms with Gasteiger partial charge in [0, 0.05) is 19.5 Å². The summed E-state index contributed by atoms with van der Waals surface area (Å²) in [5, 5.41) is 0. The van der Waals surface area contributed by atoms with Crippen molar-refractivity contribution in [2.45, 2.75) is 44.9 Å². The topological polar surface area (TPSA) is 29.5 Å². The summed E-state index contributed by atoms with van der Waals surface area (Å²) in [5.41, 5.74) is 0. The van der Waals surface area contributed by atoms with Crippen molar-refractivity contribution in [2.24, 2.45) is 0 Å². The van der Waals surface area contributed by atoms with Gasteiger partial charge in [-0.15, -0.1) is 6.58 Å². The van der Waals surface area contributed by atoms with E-state index in [4.69, 9.17) is 4.74 Å². The summed E-state index contributed by atoms with van der Waals surface area (Å²) in [4.78, 5) is 13.7. The molecule has 0 atom stereocenters. The number of carbonyl (C=O) groups is 1. The lowest BCUT2D eigenvalue weighted by molar-refractivity contribution is -0.135. The highest BCUT2D eigenvalue weighted by Gasteiger charge is 2.15. The van der Waals surface area contributed by atoms with E-state index in [1.807, 2.05) is 11.0 Å². The van der Waals surface area contributed by atoms with E-state index in [0.717, 1.165) is 25.9 Å². The fourth-order valence-corrected chi connectivity index (χ4v) is 2.07. The third kappa shape index (κ3) is 6.47. The predicted octanol–water partition coefficient (Wildman–Crippen LogP) is 2.76. The molecule has 98 valence electrons. The quantitative estimate of drug-likeness (QED) is 0.481. The summed E-state index contributed by atoms with van der Waals surface area (Å²) in [5.74, 6) is 0.305. The maximum absolute atomic E-state index is 11.8. The monoisotopic (exact) mass is 239 g/mol. The minimum absolute atomic E-state index is 0.305. The average molecular weight is 239 g/mol. The van der Waals surface area contributed by atoms with Gasteiger partial charge in [-0.2, -0.15) is 0 Å². The number of allylic oxidation sites excluding steroid dienone is 1. The lowest BCUT2D eigenvalue weighted by Crippen LogP contribution is -2.40. The van der Waals surface area contributed by atoms with Gasteiger partial charge in [0.05, 0.1) is 13.2 Å². The van der Waals surface area contributed by atoms with E-state index in [1.54, 1.807) is 0 Å². The van der Waals surface area contributed by atoms with E-state index in [2.05, 4.69) is 6.58 Å². The summed E-state index contributed by atoms with van der Waals surface area (Å²) in [7, 11) is 0. The van der Waals surface area contributed by atoms with Crippen LogP contribution in [-0.2, 0) is 9.53 Å². The Balaban J connectivity index is 1.94. The lowest BCUT2D eigenvalue weighted by Gasteiger charge is -2.26. The molecule has 1 amide bonds. The molecule has 17 heavy (non-hydrogen) atoms. The molecule has 1 fully saturated rings. The van der Waals surface area contributed by atoms with Crippen molar-refractivity contribution >= 4 is 5.91 Å². The van der Waals surface area contributed by atoms with E-state index < -0.39 is 0 Å². The molecule has 0 radical (unpaired) electrons. The second-order valence-corrected chi connectivity index (χ2v) is 4.59. The molecule has 0 aliphatic carbocycles. The van der Waals surface area contributed by atoms with Crippen LogP contribution in [0, 0.1) is 0 Å². The van der Waals surface area contributed by atoms with E-state index >= 15 is 0 Å². The number of carbonyl (C=O) groups excluding carboxylic acids is 1. The summed E-state index contributed by atoms with van der Waals surface area (Å²) in [6.45, 7) is 6.66. The number of hydrogen-bond acceptors (Lipinski definition) is 2. The standard InChI is InChI=1S/C14H25NO2/c1-2-3-4-5-6-7-8-9-14(16)15-10-12-17-13-11-15/h2H,1,3-13H2. The Bertz CT molecular complexity index is 222. The van der Waals surface area contributed by atoms with E-state index in [0.29, 0.717) is 25.5 Å². The van der Waals surface area contributed by atoms with Crippen LogP contribution in [0.4, 0.5) is 0 Å². The zero-order valence-corrected chi connectivity index (χ0v) is 10.8. The van der Waals surface area contributed by atoms with Crippen LogP contribution in [0.3, 0.4) is 0 Å². The van der Waals surface area contributed by atoms with Crippen LogP contribution < -0.4 is 0 Å². The molecule has 0 aromatic rings. The molecular formula is C14H25NO2. The Labute approximate surface area is 105 Å². The Morgan fingerprint density at radius 1 is 1.12 bits per heavy atom. The first-order valence-electron chi connectivity index (χ1n) is 6.81. The van der Waals surface area contributed by atoms with Gasteiger partial charge in [0.25, 0.3) is 0 Å². The van der Waals surface area contributed by atoms with Gasteiger partial charge >= 0.3 is 0 Å². The number of unbranched alkanes of at least 4 members (excludes halogenated alkanes) is 5. The summed E-state index contributed by atoms with van der Waals surface area (Å²) in [6.07, 6.45) is 9.75. The van der Waals surface area contributed by atoms with E-state index in [9.17, 15) is 4.79 Å². The number of ether oxygens (including phenoxy) is 1. The number of rotatable bonds is 8. The highest BCUT2D eigenvalue weighted by atomic mass is 16.5. The SMILES string of the molecule is C=CCCCCCCCC(=O)N1CCOCC1. The largest absolute Gasteiger partial charge is 0.378 e. The van der Waals surface area contributed by atoms with Crippen LogP contribution in [0.1, 0.15) is 44.9 Å². The number of amides is 1. The maximum Gasteiger partial charge on any atom is 0.222 e. The number of hydrogen-bond donors (Lipinski definition) is 0. The van der Waals surface area contributed by atoms with Crippen LogP contribution in [-0.4, -0.2) is 37.1 Å². The minimum atomic E-state index is 0.305. The first-order valence-corrected chi connectivity index (χ1v) is 6.81. The third-order valence-corrected chi connectivity index (χ3v) is 3.16.